The maximum atomic E-state index is 12.2. The number of rotatable bonds is 3. The summed E-state index contributed by atoms with van der Waals surface area (Å²) >= 11 is 5.53. The number of carbonyl (C=O) groups is 2. The largest absolute Gasteiger partial charge is 0.436 e. The van der Waals surface area contributed by atoms with Crippen molar-refractivity contribution < 1.29 is 14.0 Å². The molecule has 1 amide bonds. The van der Waals surface area contributed by atoms with Gasteiger partial charge in [-0.15, -0.1) is 0 Å². The number of hydrogen-bond acceptors (Lipinski definition) is 4. The first-order chi connectivity index (χ1) is 12.0. The lowest BCUT2D eigenvalue weighted by Gasteiger charge is -2.15. The molecule has 1 saturated heterocycles. The highest BCUT2D eigenvalue weighted by Crippen LogP contribution is 2.31. The minimum atomic E-state index is -0.472. The zero-order valence-electron chi connectivity index (χ0n) is 13.5. The first kappa shape index (κ1) is 15.8. The smallest absolute Gasteiger partial charge is 0.227 e. The fraction of sp³-hybridized carbons (Fsp3) is 0.211. The van der Waals surface area contributed by atoms with Gasteiger partial charge in [0.25, 0.3) is 0 Å². The molecule has 2 heterocycles. The van der Waals surface area contributed by atoms with Gasteiger partial charge in [-0.25, -0.2) is 4.98 Å². The maximum absolute atomic E-state index is 12.2. The minimum Gasteiger partial charge on any atom is -0.436 e. The van der Waals surface area contributed by atoms with E-state index < -0.39 is 11.2 Å². The number of nitrogens with zero attached hydrogens (tertiary/aromatic N) is 2. The number of anilines is 1. The Morgan fingerprint density at radius 3 is 2.68 bits per heavy atom. The second kappa shape index (κ2) is 6.01. The zero-order valence-corrected chi connectivity index (χ0v) is 14.3. The molecule has 0 saturated carbocycles. The average molecular weight is 355 g/mol. The summed E-state index contributed by atoms with van der Waals surface area (Å²) in [6.07, 6.45) is 0.147. The van der Waals surface area contributed by atoms with Gasteiger partial charge in [-0.2, -0.15) is 0 Å². The van der Waals surface area contributed by atoms with Crippen LogP contribution in [0.5, 0.6) is 0 Å². The Morgan fingerprint density at radius 1 is 1.24 bits per heavy atom. The van der Waals surface area contributed by atoms with E-state index in [0.29, 0.717) is 29.2 Å². The van der Waals surface area contributed by atoms with Crippen molar-refractivity contribution in [2.24, 2.45) is 5.92 Å². The summed E-state index contributed by atoms with van der Waals surface area (Å²) in [7, 11) is 0. The van der Waals surface area contributed by atoms with Crippen LogP contribution in [0.25, 0.3) is 22.6 Å². The molecule has 5 nitrogen and oxygen atoms in total. The molecule has 0 bridgehead atoms. The van der Waals surface area contributed by atoms with Crippen molar-refractivity contribution >= 4 is 39.5 Å². The molecule has 25 heavy (non-hydrogen) atoms. The summed E-state index contributed by atoms with van der Waals surface area (Å²) in [5, 5.41) is -0.472. The Morgan fingerprint density at radius 2 is 2.00 bits per heavy atom. The van der Waals surface area contributed by atoms with E-state index in [2.05, 4.69) is 4.98 Å². The van der Waals surface area contributed by atoms with Crippen LogP contribution in [0.1, 0.15) is 12.0 Å². The van der Waals surface area contributed by atoms with E-state index in [1.54, 1.807) is 23.1 Å². The Balaban J connectivity index is 1.68. The molecule has 1 aliphatic heterocycles. The standard InChI is InChI=1S/C19H15ClN2O3/c1-11-2-4-12(5-3-11)19-21-15-9-14(6-7-16(15)25-19)22-10-13(18(20)24)8-17(22)23/h2-7,9,13H,8,10H2,1H3/t13-/m1/s1. The fourth-order valence-electron chi connectivity index (χ4n) is 3.01. The lowest BCUT2D eigenvalue weighted by molar-refractivity contribution is -0.120. The van der Waals surface area contributed by atoms with Crippen molar-refractivity contribution in [3.63, 3.8) is 0 Å². The van der Waals surface area contributed by atoms with Crippen LogP contribution in [0.4, 0.5) is 5.69 Å². The third-order valence-electron chi connectivity index (χ3n) is 4.43. The molecule has 2 aromatic carbocycles. The van der Waals surface area contributed by atoms with Crippen molar-refractivity contribution in [1.29, 1.82) is 0 Å². The van der Waals surface area contributed by atoms with Gasteiger partial charge in [0.1, 0.15) is 5.52 Å². The normalized spacial score (nSPS) is 17.4. The molecule has 0 spiro atoms. The number of oxazole rings is 1. The summed E-state index contributed by atoms with van der Waals surface area (Å²) in [5.74, 6) is -0.0281. The van der Waals surface area contributed by atoms with Gasteiger partial charge in [-0.05, 0) is 48.9 Å². The first-order valence-corrected chi connectivity index (χ1v) is 8.36. The predicted molar refractivity (Wildman–Crippen MR) is 95.5 cm³/mol. The van der Waals surface area contributed by atoms with Crippen LogP contribution in [0, 0.1) is 12.8 Å². The molecule has 3 aromatic rings. The number of halogens is 1. The van der Waals surface area contributed by atoms with Gasteiger partial charge in [0.15, 0.2) is 5.58 Å². The van der Waals surface area contributed by atoms with Gasteiger partial charge in [-0.1, -0.05) is 17.7 Å². The molecule has 0 radical (unpaired) electrons. The predicted octanol–water partition coefficient (Wildman–Crippen LogP) is 3.92. The van der Waals surface area contributed by atoms with Crippen LogP contribution < -0.4 is 4.90 Å². The monoisotopic (exact) mass is 354 g/mol. The van der Waals surface area contributed by atoms with Gasteiger partial charge in [-0.3, -0.25) is 9.59 Å². The highest BCUT2D eigenvalue weighted by atomic mass is 35.5. The molecule has 0 unspecified atom stereocenters. The second-order valence-electron chi connectivity index (χ2n) is 6.25. The number of aromatic nitrogens is 1. The summed E-state index contributed by atoms with van der Waals surface area (Å²) in [5.41, 5.74) is 4.07. The topological polar surface area (TPSA) is 63.4 Å². The highest BCUT2D eigenvalue weighted by molar-refractivity contribution is 6.64. The number of carbonyl (C=O) groups excluding carboxylic acids is 2. The number of benzene rings is 2. The molecule has 0 aliphatic carbocycles. The number of amides is 1. The summed E-state index contributed by atoms with van der Waals surface area (Å²) in [6, 6.07) is 13.3. The van der Waals surface area contributed by atoms with E-state index in [0.717, 1.165) is 11.1 Å². The number of hydrogen-bond donors (Lipinski definition) is 0. The molecule has 126 valence electrons. The van der Waals surface area contributed by atoms with Crippen LogP contribution in [0.2, 0.25) is 0 Å². The lowest BCUT2D eigenvalue weighted by Crippen LogP contribution is -2.25. The minimum absolute atomic E-state index is 0.111. The summed E-state index contributed by atoms with van der Waals surface area (Å²) in [4.78, 5) is 29.6. The van der Waals surface area contributed by atoms with E-state index >= 15 is 0 Å². The van der Waals surface area contributed by atoms with Crippen LogP contribution in [0.3, 0.4) is 0 Å². The SMILES string of the molecule is Cc1ccc(-c2nc3cc(N4C[C@H](C(=O)Cl)CC4=O)ccc3o2)cc1. The Hall–Kier alpha value is -2.66. The number of fused-ring (bicyclic) bond motifs is 1. The first-order valence-electron chi connectivity index (χ1n) is 7.98. The molecular formula is C19H15ClN2O3. The van der Waals surface area contributed by atoms with Crippen molar-refractivity contribution in [2.45, 2.75) is 13.3 Å². The van der Waals surface area contributed by atoms with Crippen LogP contribution in [-0.4, -0.2) is 22.7 Å². The van der Waals surface area contributed by atoms with Crippen molar-refractivity contribution in [3.05, 3.63) is 48.0 Å². The van der Waals surface area contributed by atoms with E-state index in [4.69, 9.17) is 16.0 Å². The summed E-state index contributed by atoms with van der Waals surface area (Å²) < 4.78 is 5.81. The molecule has 6 heteroatoms. The maximum Gasteiger partial charge on any atom is 0.227 e. The quantitative estimate of drug-likeness (QED) is 0.669. The zero-order chi connectivity index (χ0) is 17.6. The van der Waals surface area contributed by atoms with Gasteiger partial charge < -0.3 is 9.32 Å². The summed E-state index contributed by atoms with van der Waals surface area (Å²) in [6.45, 7) is 2.32. The second-order valence-corrected chi connectivity index (χ2v) is 6.62. The van der Waals surface area contributed by atoms with Crippen LogP contribution in [-0.2, 0) is 9.59 Å². The van der Waals surface area contributed by atoms with Gasteiger partial charge in [0, 0.05) is 24.2 Å². The van der Waals surface area contributed by atoms with Crippen LogP contribution >= 0.6 is 11.6 Å². The van der Waals surface area contributed by atoms with Crippen molar-refractivity contribution in [3.8, 4) is 11.5 Å². The molecule has 1 aliphatic rings. The molecule has 4 rings (SSSR count). The Kier molecular flexibility index (Phi) is 3.81. The molecule has 1 atom stereocenters. The number of aryl methyl sites for hydroxylation is 1. The molecular weight excluding hydrogens is 340 g/mol. The third kappa shape index (κ3) is 2.91. The Bertz CT molecular complexity index is 978. The van der Waals surface area contributed by atoms with E-state index in [-0.39, 0.29) is 12.3 Å². The third-order valence-corrected chi connectivity index (χ3v) is 4.74. The lowest BCUT2D eigenvalue weighted by atomic mass is 10.1. The molecule has 1 fully saturated rings. The van der Waals surface area contributed by atoms with Crippen molar-refractivity contribution in [1.82, 2.24) is 4.98 Å². The van der Waals surface area contributed by atoms with Gasteiger partial charge in [0.05, 0.1) is 5.92 Å². The molecule has 1 aromatic heterocycles. The van der Waals surface area contributed by atoms with Crippen molar-refractivity contribution in [2.75, 3.05) is 11.4 Å². The van der Waals surface area contributed by atoms with Gasteiger partial charge >= 0.3 is 0 Å². The van der Waals surface area contributed by atoms with E-state index in [1.165, 1.54) is 0 Å². The van der Waals surface area contributed by atoms with Gasteiger partial charge in [0.2, 0.25) is 17.0 Å². The van der Waals surface area contributed by atoms with E-state index in [1.807, 2.05) is 31.2 Å². The molecule has 0 N–H and O–H groups in total. The average Bonchev–Trinajstić information content (AvgIpc) is 3.18. The highest BCUT2D eigenvalue weighted by Gasteiger charge is 2.34. The fourth-order valence-corrected chi connectivity index (χ4v) is 3.16. The van der Waals surface area contributed by atoms with Crippen LogP contribution in [0.15, 0.2) is 46.9 Å². The van der Waals surface area contributed by atoms with E-state index in [9.17, 15) is 9.59 Å². The Labute approximate surface area is 149 Å².